The highest BCUT2D eigenvalue weighted by molar-refractivity contribution is 6.43. The molecule has 0 unspecified atom stereocenters. The topological polar surface area (TPSA) is 92.3 Å². The van der Waals surface area contributed by atoms with Crippen molar-refractivity contribution in [3.05, 3.63) is 46.6 Å². The standard InChI is InChI=1S/C21H25Cl2N7O/c22-15-5-3-7-17(18(15)23)29-13-11-28(12-14-29)9-1-2-10-30-19-16(6-4-8-25-19)26-21(30)27-20(24)31/h3-8H,1-2,9-14H2,(H3,24,26,27,31). The monoisotopic (exact) mass is 461 g/mol. The highest BCUT2D eigenvalue weighted by Crippen LogP contribution is 2.32. The van der Waals surface area contributed by atoms with Crippen molar-refractivity contribution in [1.82, 2.24) is 19.4 Å². The molecule has 164 valence electrons. The first kappa shape index (κ1) is 21.7. The van der Waals surface area contributed by atoms with Crippen molar-refractivity contribution in [1.29, 1.82) is 0 Å². The Kier molecular flexibility index (Phi) is 6.80. The van der Waals surface area contributed by atoms with Gasteiger partial charge >= 0.3 is 6.03 Å². The Morgan fingerprint density at radius 2 is 1.84 bits per heavy atom. The van der Waals surface area contributed by atoms with Crippen LogP contribution in [0.3, 0.4) is 0 Å². The number of anilines is 2. The van der Waals surface area contributed by atoms with E-state index in [4.69, 9.17) is 28.9 Å². The smallest absolute Gasteiger partial charge is 0.318 e. The number of carbonyl (C=O) groups is 1. The van der Waals surface area contributed by atoms with E-state index >= 15 is 0 Å². The number of halogens is 2. The van der Waals surface area contributed by atoms with E-state index < -0.39 is 6.03 Å². The number of pyridine rings is 1. The minimum absolute atomic E-state index is 0.438. The molecule has 1 fully saturated rings. The van der Waals surface area contributed by atoms with E-state index in [1.165, 1.54) is 0 Å². The number of imidazole rings is 1. The molecule has 0 saturated carbocycles. The summed E-state index contributed by atoms with van der Waals surface area (Å²) in [5, 5.41) is 3.81. The lowest BCUT2D eigenvalue weighted by molar-refractivity contribution is 0.251. The molecule has 0 aliphatic carbocycles. The summed E-state index contributed by atoms with van der Waals surface area (Å²) in [5.41, 5.74) is 7.78. The number of nitrogens with two attached hydrogens (primary N) is 1. The van der Waals surface area contributed by atoms with Crippen LogP contribution in [-0.4, -0.2) is 58.2 Å². The number of primary amides is 1. The van der Waals surface area contributed by atoms with Gasteiger partial charge in [0.15, 0.2) is 5.65 Å². The summed E-state index contributed by atoms with van der Waals surface area (Å²) in [6, 6.07) is 8.83. The summed E-state index contributed by atoms with van der Waals surface area (Å²) in [6.07, 6.45) is 3.69. The summed E-state index contributed by atoms with van der Waals surface area (Å²) in [7, 11) is 0. The van der Waals surface area contributed by atoms with Crippen molar-refractivity contribution in [3.8, 4) is 0 Å². The van der Waals surface area contributed by atoms with Gasteiger partial charge in [-0.2, -0.15) is 0 Å². The number of piperazine rings is 1. The zero-order valence-electron chi connectivity index (χ0n) is 17.1. The van der Waals surface area contributed by atoms with Crippen LogP contribution in [0.1, 0.15) is 12.8 Å². The van der Waals surface area contributed by atoms with Gasteiger partial charge in [0.05, 0.1) is 15.7 Å². The third-order valence-electron chi connectivity index (χ3n) is 5.49. The van der Waals surface area contributed by atoms with Crippen molar-refractivity contribution >= 4 is 52.0 Å². The van der Waals surface area contributed by atoms with Crippen LogP contribution in [0, 0.1) is 0 Å². The van der Waals surface area contributed by atoms with E-state index in [2.05, 4.69) is 25.1 Å². The first-order valence-electron chi connectivity index (χ1n) is 10.3. The van der Waals surface area contributed by atoms with Crippen molar-refractivity contribution in [2.45, 2.75) is 19.4 Å². The lowest BCUT2D eigenvalue weighted by Crippen LogP contribution is -2.46. The molecule has 8 nitrogen and oxygen atoms in total. The molecule has 0 spiro atoms. The fraction of sp³-hybridized carbons (Fsp3) is 0.381. The maximum Gasteiger partial charge on any atom is 0.318 e. The first-order valence-corrected chi connectivity index (χ1v) is 11.1. The average Bonchev–Trinajstić information content (AvgIpc) is 3.10. The molecule has 0 bridgehead atoms. The Morgan fingerprint density at radius 3 is 2.61 bits per heavy atom. The van der Waals surface area contributed by atoms with E-state index in [1.807, 2.05) is 34.9 Å². The quantitative estimate of drug-likeness (QED) is 0.521. The van der Waals surface area contributed by atoms with Gasteiger partial charge in [0.2, 0.25) is 5.95 Å². The number of aryl methyl sites for hydroxylation is 1. The van der Waals surface area contributed by atoms with Crippen LogP contribution in [0.25, 0.3) is 11.2 Å². The highest BCUT2D eigenvalue weighted by Gasteiger charge is 2.19. The number of nitrogens with one attached hydrogen (secondary N) is 1. The Bertz CT molecular complexity index is 1060. The van der Waals surface area contributed by atoms with E-state index in [9.17, 15) is 4.79 Å². The maximum absolute atomic E-state index is 11.3. The number of hydrogen-bond acceptors (Lipinski definition) is 5. The third kappa shape index (κ3) is 5.03. The van der Waals surface area contributed by atoms with Crippen LogP contribution in [0.2, 0.25) is 10.0 Å². The number of rotatable bonds is 7. The number of unbranched alkanes of at least 4 members (excludes halogenated alkanes) is 1. The van der Waals surface area contributed by atoms with Gasteiger partial charge in [-0.3, -0.25) is 14.8 Å². The molecule has 1 saturated heterocycles. The number of nitrogens with zero attached hydrogens (tertiary/aromatic N) is 5. The van der Waals surface area contributed by atoms with Crippen LogP contribution < -0.4 is 16.0 Å². The second-order valence-corrected chi connectivity index (χ2v) is 8.32. The lowest BCUT2D eigenvalue weighted by atomic mass is 10.2. The molecule has 4 rings (SSSR count). The number of carbonyl (C=O) groups excluding carboxylic acids is 1. The molecule has 3 heterocycles. The van der Waals surface area contributed by atoms with Gasteiger partial charge in [-0.05, 0) is 43.7 Å². The average molecular weight is 462 g/mol. The van der Waals surface area contributed by atoms with Crippen LogP contribution in [-0.2, 0) is 6.54 Å². The molecule has 2 aromatic heterocycles. The number of hydrogen-bond donors (Lipinski definition) is 2. The SMILES string of the molecule is NC(=O)Nc1nc2cccnc2n1CCCCN1CCN(c2cccc(Cl)c2Cl)CC1. The van der Waals surface area contributed by atoms with Crippen molar-refractivity contribution in [3.63, 3.8) is 0 Å². The molecular weight excluding hydrogens is 437 g/mol. The molecular formula is C21H25Cl2N7O. The normalized spacial score (nSPS) is 14.8. The fourth-order valence-electron chi connectivity index (χ4n) is 3.93. The zero-order valence-corrected chi connectivity index (χ0v) is 18.6. The van der Waals surface area contributed by atoms with Crippen LogP contribution in [0.4, 0.5) is 16.4 Å². The maximum atomic E-state index is 11.3. The summed E-state index contributed by atoms with van der Waals surface area (Å²) in [4.78, 5) is 24.9. The second kappa shape index (κ2) is 9.72. The van der Waals surface area contributed by atoms with Crippen LogP contribution in [0.15, 0.2) is 36.5 Å². The van der Waals surface area contributed by atoms with Gasteiger partial charge in [0.1, 0.15) is 5.52 Å². The summed E-state index contributed by atoms with van der Waals surface area (Å²) in [6.45, 7) is 5.52. The zero-order chi connectivity index (χ0) is 21.8. The predicted molar refractivity (Wildman–Crippen MR) is 125 cm³/mol. The van der Waals surface area contributed by atoms with E-state index in [0.717, 1.165) is 62.4 Å². The second-order valence-electron chi connectivity index (χ2n) is 7.53. The molecule has 0 atom stereocenters. The molecule has 1 aromatic carbocycles. The van der Waals surface area contributed by atoms with Crippen molar-refractivity contribution in [2.75, 3.05) is 42.9 Å². The number of fused-ring (bicyclic) bond motifs is 1. The Balaban J connectivity index is 1.28. The van der Waals surface area contributed by atoms with Gasteiger partial charge < -0.3 is 10.6 Å². The summed E-state index contributed by atoms with van der Waals surface area (Å²) in [5.74, 6) is 0.438. The molecule has 1 aliphatic rings. The van der Waals surface area contributed by atoms with E-state index in [0.29, 0.717) is 22.5 Å². The van der Waals surface area contributed by atoms with Gasteiger partial charge in [0.25, 0.3) is 0 Å². The van der Waals surface area contributed by atoms with Gasteiger partial charge in [-0.25, -0.2) is 14.8 Å². The largest absolute Gasteiger partial charge is 0.368 e. The Labute approximate surface area is 190 Å². The minimum Gasteiger partial charge on any atom is -0.368 e. The Morgan fingerprint density at radius 1 is 1.06 bits per heavy atom. The van der Waals surface area contributed by atoms with Crippen LogP contribution in [0.5, 0.6) is 0 Å². The van der Waals surface area contributed by atoms with E-state index in [1.54, 1.807) is 6.20 Å². The number of urea groups is 1. The van der Waals surface area contributed by atoms with Crippen molar-refractivity contribution in [2.24, 2.45) is 5.73 Å². The third-order valence-corrected chi connectivity index (χ3v) is 6.30. The van der Waals surface area contributed by atoms with E-state index in [-0.39, 0.29) is 0 Å². The van der Waals surface area contributed by atoms with Crippen molar-refractivity contribution < 1.29 is 4.79 Å². The molecule has 3 aromatic rings. The molecule has 31 heavy (non-hydrogen) atoms. The molecule has 1 aliphatic heterocycles. The highest BCUT2D eigenvalue weighted by atomic mass is 35.5. The van der Waals surface area contributed by atoms with Gasteiger partial charge in [-0.15, -0.1) is 0 Å². The summed E-state index contributed by atoms with van der Waals surface area (Å²) >= 11 is 12.5. The van der Waals surface area contributed by atoms with Gasteiger partial charge in [-0.1, -0.05) is 29.3 Å². The number of benzene rings is 1. The predicted octanol–water partition coefficient (Wildman–Crippen LogP) is 3.83. The lowest BCUT2D eigenvalue weighted by Gasteiger charge is -2.36. The molecule has 2 amide bonds. The fourth-order valence-corrected chi connectivity index (χ4v) is 4.35. The molecule has 3 N–H and O–H groups in total. The summed E-state index contributed by atoms with van der Waals surface area (Å²) < 4.78 is 1.92. The molecule has 0 radical (unpaired) electrons. The molecule has 10 heteroatoms. The van der Waals surface area contributed by atoms with Crippen LogP contribution >= 0.6 is 23.2 Å². The number of aromatic nitrogens is 3. The first-order chi connectivity index (χ1) is 15.0. The Hall–Kier alpha value is -2.55. The number of amides is 2. The minimum atomic E-state index is -0.630. The van der Waals surface area contributed by atoms with Gasteiger partial charge in [0, 0.05) is 38.9 Å².